The van der Waals surface area contributed by atoms with Crippen molar-refractivity contribution >= 4 is 34.6 Å². The van der Waals surface area contributed by atoms with Gasteiger partial charge in [-0.15, -0.1) is 0 Å². The van der Waals surface area contributed by atoms with Crippen molar-refractivity contribution < 1.29 is 9.59 Å². The summed E-state index contributed by atoms with van der Waals surface area (Å²) < 4.78 is 2.13. The molecule has 0 saturated carbocycles. The Balaban J connectivity index is 0.000000335. The van der Waals surface area contributed by atoms with E-state index in [1.54, 1.807) is 13.8 Å². The average Bonchev–Trinajstić information content (AvgIpc) is 3.24. The number of fused-ring (bicyclic) bond motifs is 1. The zero-order chi connectivity index (χ0) is 22.4. The highest BCUT2D eigenvalue weighted by Crippen LogP contribution is 2.16. The Labute approximate surface area is 181 Å². The molecule has 1 aromatic heterocycles. The van der Waals surface area contributed by atoms with E-state index in [4.69, 9.17) is 0 Å². The Kier molecular flexibility index (Phi) is 8.60. The number of rotatable bonds is 5. The molecule has 0 N–H and O–H groups in total. The maximum Gasteiger partial charge on any atom is 0.159 e. The molecule has 1 aliphatic rings. The van der Waals surface area contributed by atoms with Crippen LogP contribution in [0.5, 0.6) is 0 Å². The summed E-state index contributed by atoms with van der Waals surface area (Å²) in [6, 6.07) is 6.67. The van der Waals surface area contributed by atoms with Gasteiger partial charge in [0.2, 0.25) is 0 Å². The molecule has 0 radical (unpaired) electrons. The number of carbonyl (C=O) groups excluding carboxylic acids is 2. The molecule has 0 amide bonds. The minimum absolute atomic E-state index is 0.0531. The quantitative estimate of drug-likeness (QED) is 0.698. The van der Waals surface area contributed by atoms with Crippen LogP contribution >= 0.6 is 0 Å². The molecule has 2 heterocycles. The maximum absolute atomic E-state index is 11.7. The van der Waals surface area contributed by atoms with Crippen LogP contribution in [0.25, 0.3) is 23.1 Å². The van der Waals surface area contributed by atoms with E-state index in [0.717, 1.165) is 33.9 Å². The monoisotopic (exact) mass is 410 g/mol. The van der Waals surface area contributed by atoms with Crippen LogP contribution in [0.3, 0.4) is 0 Å². The Bertz CT molecular complexity index is 1020. The van der Waals surface area contributed by atoms with Gasteiger partial charge in [0, 0.05) is 46.0 Å². The first-order valence-corrected chi connectivity index (χ1v) is 11.2. The molecule has 0 aliphatic carbocycles. The topological polar surface area (TPSA) is 42.3 Å². The van der Waals surface area contributed by atoms with Gasteiger partial charge in [-0.1, -0.05) is 32.9 Å². The fourth-order valence-electron chi connectivity index (χ4n) is 4.19. The Morgan fingerprint density at radius 1 is 1.20 bits per heavy atom. The second kappa shape index (κ2) is 10.7. The van der Waals surface area contributed by atoms with Gasteiger partial charge in [-0.05, 0) is 71.3 Å². The standard InChI is InChI=1S/C19H23NO2.C7H15N/c1-6-7-18-16(10-12(2)13(3)21)17-11-15(14(4)22)8-9-19(17)20(18)5;1-3-7-5-4-6-8(7)2/h7-12H,6H2,1-5H3;7H,3-6H2,1-2H3/b16-10-,18-7+;/t;7-/m.0/s1. The lowest BCUT2D eigenvalue weighted by Crippen LogP contribution is -2.29. The number of nitrogens with zero attached hydrogens (tertiary/aromatic N) is 2. The summed E-state index contributed by atoms with van der Waals surface area (Å²) in [4.78, 5) is 25.8. The largest absolute Gasteiger partial charge is 0.344 e. The van der Waals surface area contributed by atoms with Gasteiger partial charge in [0.1, 0.15) is 5.78 Å². The Morgan fingerprint density at radius 2 is 1.90 bits per heavy atom. The van der Waals surface area contributed by atoms with Gasteiger partial charge in [0.25, 0.3) is 0 Å². The van der Waals surface area contributed by atoms with Gasteiger partial charge < -0.3 is 9.47 Å². The van der Waals surface area contributed by atoms with Crippen molar-refractivity contribution in [2.24, 2.45) is 13.0 Å². The van der Waals surface area contributed by atoms with Crippen LogP contribution in [0.15, 0.2) is 18.2 Å². The number of aromatic nitrogens is 1. The molecule has 4 nitrogen and oxygen atoms in total. The van der Waals surface area contributed by atoms with E-state index in [9.17, 15) is 9.59 Å². The highest BCUT2D eigenvalue weighted by Gasteiger charge is 2.17. The van der Waals surface area contributed by atoms with Crippen molar-refractivity contribution in [2.45, 2.75) is 66.3 Å². The van der Waals surface area contributed by atoms with Crippen LogP contribution in [0, 0.1) is 5.92 Å². The lowest BCUT2D eigenvalue weighted by atomic mass is 10.0. The summed E-state index contributed by atoms with van der Waals surface area (Å²) in [5.41, 5.74) is 1.78. The van der Waals surface area contributed by atoms with Crippen LogP contribution in [-0.4, -0.2) is 40.7 Å². The molecule has 2 atom stereocenters. The number of Topliss-reactive ketones (excluding diaryl/α,β-unsaturated/α-hetero) is 2. The third-order valence-electron chi connectivity index (χ3n) is 6.29. The zero-order valence-electron chi connectivity index (χ0n) is 19.8. The van der Waals surface area contributed by atoms with Gasteiger partial charge in [0.05, 0.1) is 0 Å². The third kappa shape index (κ3) is 5.48. The minimum Gasteiger partial charge on any atom is -0.344 e. The van der Waals surface area contributed by atoms with Crippen molar-refractivity contribution in [2.75, 3.05) is 13.6 Å². The van der Waals surface area contributed by atoms with Crippen molar-refractivity contribution in [1.82, 2.24) is 9.47 Å². The number of aryl methyl sites for hydroxylation is 1. The first-order chi connectivity index (χ1) is 14.2. The van der Waals surface area contributed by atoms with E-state index in [0.29, 0.717) is 5.56 Å². The molecule has 1 saturated heterocycles. The molecular formula is C26H38N2O2. The lowest BCUT2D eigenvalue weighted by Gasteiger charge is -2.16. The molecule has 0 bridgehead atoms. The second-order valence-electron chi connectivity index (χ2n) is 8.51. The Morgan fingerprint density at radius 3 is 2.37 bits per heavy atom. The predicted octanol–water partition coefficient (Wildman–Crippen LogP) is 4.07. The van der Waals surface area contributed by atoms with Crippen LogP contribution < -0.4 is 10.6 Å². The number of hydrogen-bond acceptors (Lipinski definition) is 3. The maximum atomic E-state index is 11.7. The summed E-state index contributed by atoms with van der Waals surface area (Å²) in [5, 5.41) is 3.18. The highest BCUT2D eigenvalue weighted by atomic mass is 16.1. The molecular weight excluding hydrogens is 372 g/mol. The van der Waals surface area contributed by atoms with Crippen LogP contribution in [0.1, 0.15) is 70.7 Å². The first-order valence-electron chi connectivity index (χ1n) is 11.2. The van der Waals surface area contributed by atoms with E-state index < -0.39 is 0 Å². The third-order valence-corrected chi connectivity index (χ3v) is 6.29. The number of benzene rings is 1. The Hall–Kier alpha value is -2.20. The van der Waals surface area contributed by atoms with E-state index in [1.165, 1.54) is 25.8 Å². The smallest absolute Gasteiger partial charge is 0.159 e. The van der Waals surface area contributed by atoms with Gasteiger partial charge in [-0.2, -0.15) is 0 Å². The van der Waals surface area contributed by atoms with Crippen LogP contribution in [-0.2, 0) is 11.8 Å². The van der Waals surface area contributed by atoms with E-state index in [2.05, 4.69) is 36.4 Å². The summed E-state index contributed by atoms with van der Waals surface area (Å²) in [5.74, 6) is 0.0510. The molecule has 4 heteroatoms. The minimum atomic E-state index is -0.143. The second-order valence-corrected chi connectivity index (χ2v) is 8.51. The van der Waals surface area contributed by atoms with Gasteiger partial charge in [-0.25, -0.2) is 0 Å². The molecule has 1 aliphatic heterocycles. The highest BCUT2D eigenvalue weighted by molar-refractivity contribution is 5.98. The molecule has 164 valence electrons. The van der Waals surface area contributed by atoms with Crippen LogP contribution in [0.4, 0.5) is 0 Å². The summed E-state index contributed by atoms with van der Waals surface area (Å²) in [6.07, 6.45) is 9.25. The molecule has 1 fully saturated rings. The molecule has 3 rings (SSSR count). The van der Waals surface area contributed by atoms with Crippen molar-refractivity contribution in [3.63, 3.8) is 0 Å². The number of hydrogen-bond donors (Lipinski definition) is 0. The normalized spacial score (nSPS) is 19.1. The number of ketones is 2. The van der Waals surface area contributed by atoms with Gasteiger partial charge in [0.15, 0.2) is 5.78 Å². The van der Waals surface area contributed by atoms with Crippen molar-refractivity contribution in [1.29, 1.82) is 0 Å². The fraction of sp³-hybridized carbons (Fsp3) is 0.538. The zero-order valence-corrected chi connectivity index (χ0v) is 19.8. The molecule has 30 heavy (non-hydrogen) atoms. The predicted molar refractivity (Wildman–Crippen MR) is 127 cm³/mol. The summed E-state index contributed by atoms with van der Waals surface area (Å²) in [6.45, 7) is 10.8. The average molecular weight is 411 g/mol. The summed E-state index contributed by atoms with van der Waals surface area (Å²) in [7, 11) is 4.24. The van der Waals surface area contributed by atoms with Crippen molar-refractivity contribution in [3.8, 4) is 0 Å². The van der Waals surface area contributed by atoms with Crippen LogP contribution in [0.2, 0.25) is 0 Å². The molecule has 0 spiro atoms. The number of carbonyl (C=O) groups is 2. The first kappa shape index (κ1) is 24.1. The summed E-state index contributed by atoms with van der Waals surface area (Å²) >= 11 is 0. The fourth-order valence-corrected chi connectivity index (χ4v) is 4.19. The molecule has 1 aromatic carbocycles. The van der Waals surface area contributed by atoms with Gasteiger partial charge in [-0.3, -0.25) is 9.59 Å². The van der Waals surface area contributed by atoms with E-state index >= 15 is 0 Å². The van der Waals surface area contributed by atoms with E-state index in [1.807, 2.05) is 38.2 Å². The molecule has 2 aromatic rings. The van der Waals surface area contributed by atoms with Gasteiger partial charge >= 0.3 is 0 Å². The van der Waals surface area contributed by atoms with Crippen molar-refractivity contribution in [3.05, 3.63) is 34.3 Å². The number of likely N-dealkylation sites (tertiary alicyclic amines) is 1. The molecule has 1 unspecified atom stereocenters. The van der Waals surface area contributed by atoms with E-state index in [-0.39, 0.29) is 17.5 Å². The SMILES string of the molecule is CC/C=c1\c(=C/C(C)C(C)=O)c2cc(C(C)=O)ccc2n1C.CC[C@H]1CCCN1C. The lowest BCUT2D eigenvalue weighted by molar-refractivity contribution is -0.118.